The highest BCUT2D eigenvalue weighted by atomic mass is 16.4. The summed E-state index contributed by atoms with van der Waals surface area (Å²) in [6.07, 6.45) is 2.57. The average molecular weight is 455 g/mol. The van der Waals surface area contributed by atoms with E-state index in [1.54, 1.807) is 0 Å². The average Bonchev–Trinajstić information content (AvgIpc) is 3.20. The van der Waals surface area contributed by atoms with Gasteiger partial charge in [0.1, 0.15) is 18.1 Å². The van der Waals surface area contributed by atoms with Gasteiger partial charge in [-0.2, -0.15) is 0 Å². The number of likely N-dealkylation sites (tertiary alicyclic amines) is 1. The maximum Gasteiger partial charge on any atom is 0.326 e. The molecule has 9 heteroatoms. The molecule has 0 radical (unpaired) electrons. The number of carboxylic acids is 1. The molecule has 0 saturated carbocycles. The monoisotopic (exact) mass is 454 g/mol. The molecule has 1 rings (SSSR count). The molecule has 32 heavy (non-hydrogen) atoms. The number of hydrogen-bond acceptors (Lipinski definition) is 5. The first kappa shape index (κ1) is 27.9. The first-order valence-corrected chi connectivity index (χ1v) is 11.8. The first-order chi connectivity index (χ1) is 14.9. The Morgan fingerprint density at radius 1 is 1.00 bits per heavy atom. The van der Waals surface area contributed by atoms with Crippen LogP contribution >= 0.6 is 0 Å². The maximum absolute atomic E-state index is 13.4. The summed E-state index contributed by atoms with van der Waals surface area (Å²) in [6.45, 7) is 11.9. The molecule has 0 spiro atoms. The summed E-state index contributed by atoms with van der Waals surface area (Å²) < 4.78 is 0. The zero-order valence-electron chi connectivity index (χ0n) is 20.4. The van der Waals surface area contributed by atoms with Crippen LogP contribution in [0.5, 0.6) is 0 Å². The molecule has 1 aliphatic rings. The molecule has 5 atom stereocenters. The fourth-order valence-electron chi connectivity index (χ4n) is 3.94. The van der Waals surface area contributed by atoms with Crippen molar-refractivity contribution in [1.29, 1.82) is 0 Å². The molecule has 1 saturated heterocycles. The van der Waals surface area contributed by atoms with Crippen molar-refractivity contribution in [2.24, 2.45) is 23.5 Å². The van der Waals surface area contributed by atoms with Crippen LogP contribution in [-0.2, 0) is 19.2 Å². The normalized spacial score (nSPS) is 20.0. The molecule has 5 N–H and O–H groups in total. The van der Waals surface area contributed by atoms with Crippen LogP contribution in [0.4, 0.5) is 0 Å². The lowest BCUT2D eigenvalue weighted by atomic mass is 9.97. The summed E-state index contributed by atoms with van der Waals surface area (Å²) in [4.78, 5) is 51.9. The van der Waals surface area contributed by atoms with E-state index < -0.39 is 36.0 Å². The smallest absolute Gasteiger partial charge is 0.326 e. The minimum atomic E-state index is -1.09. The van der Waals surface area contributed by atoms with Crippen molar-refractivity contribution in [2.75, 3.05) is 6.54 Å². The number of carbonyl (C=O) groups excluding carboxylic acids is 3. The molecular formula is C23H42N4O5. The number of nitrogens with two attached hydrogens (primary N) is 1. The quantitative estimate of drug-likeness (QED) is 0.352. The van der Waals surface area contributed by atoms with Crippen LogP contribution in [0, 0.1) is 17.8 Å². The Kier molecular flexibility index (Phi) is 11.1. The number of nitrogens with one attached hydrogen (secondary N) is 2. The molecule has 5 unspecified atom stereocenters. The van der Waals surface area contributed by atoms with E-state index in [-0.39, 0.29) is 29.6 Å². The van der Waals surface area contributed by atoms with E-state index in [1.807, 2.05) is 41.5 Å². The van der Waals surface area contributed by atoms with Crippen LogP contribution in [0.1, 0.15) is 73.6 Å². The number of carboxylic acid groups (broad SMARTS) is 1. The van der Waals surface area contributed by atoms with Crippen LogP contribution < -0.4 is 16.4 Å². The number of carbonyl (C=O) groups is 4. The van der Waals surface area contributed by atoms with Crippen molar-refractivity contribution in [3.05, 3.63) is 0 Å². The molecule has 0 aromatic rings. The van der Waals surface area contributed by atoms with Crippen LogP contribution in [0.25, 0.3) is 0 Å². The van der Waals surface area contributed by atoms with Crippen molar-refractivity contribution < 1.29 is 24.3 Å². The van der Waals surface area contributed by atoms with Crippen LogP contribution in [0.2, 0.25) is 0 Å². The van der Waals surface area contributed by atoms with Gasteiger partial charge in [-0.25, -0.2) is 4.79 Å². The summed E-state index contributed by atoms with van der Waals surface area (Å²) in [6, 6.07) is -3.24. The predicted molar refractivity (Wildman–Crippen MR) is 123 cm³/mol. The number of aliphatic carboxylic acids is 1. The van der Waals surface area contributed by atoms with Gasteiger partial charge in [0.2, 0.25) is 17.7 Å². The Morgan fingerprint density at radius 2 is 1.56 bits per heavy atom. The van der Waals surface area contributed by atoms with Gasteiger partial charge < -0.3 is 26.4 Å². The maximum atomic E-state index is 13.4. The zero-order valence-corrected chi connectivity index (χ0v) is 20.4. The zero-order chi connectivity index (χ0) is 24.6. The fourth-order valence-corrected chi connectivity index (χ4v) is 3.94. The van der Waals surface area contributed by atoms with Crippen molar-refractivity contribution in [3.8, 4) is 0 Å². The van der Waals surface area contributed by atoms with Crippen LogP contribution in [0.15, 0.2) is 0 Å². The summed E-state index contributed by atoms with van der Waals surface area (Å²) in [7, 11) is 0. The topological polar surface area (TPSA) is 142 Å². The summed E-state index contributed by atoms with van der Waals surface area (Å²) in [5.74, 6) is -2.04. The molecular weight excluding hydrogens is 412 g/mol. The lowest BCUT2D eigenvalue weighted by Crippen LogP contribution is -2.57. The largest absolute Gasteiger partial charge is 0.480 e. The second kappa shape index (κ2) is 12.8. The third kappa shape index (κ3) is 8.07. The minimum absolute atomic E-state index is 0.0241. The number of nitrogens with zero attached hydrogens (tertiary/aromatic N) is 1. The van der Waals surface area contributed by atoms with E-state index in [0.717, 1.165) is 6.42 Å². The lowest BCUT2D eigenvalue weighted by molar-refractivity contribution is -0.145. The Hall–Kier alpha value is -2.16. The number of amides is 3. The molecule has 0 aliphatic carbocycles. The van der Waals surface area contributed by atoms with E-state index in [1.165, 1.54) is 4.90 Å². The van der Waals surface area contributed by atoms with E-state index in [2.05, 4.69) is 10.6 Å². The SMILES string of the molecule is CCC(C)C(N)C(=O)NC(CC(C)C)C(=O)N1CCCC1C(=O)NC(CC(C)C)C(=O)O. The van der Waals surface area contributed by atoms with E-state index >= 15 is 0 Å². The standard InChI is InChI=1S/C23H42N4O5/c1-7-15(6)19(24)21(29)25-16(11-13(2)3)22(30)27-10-8-9-18(27)20(28)26-17(23(31)32)12-14(4)5/h13-19H,7-12,24H2,1-6H3,(H,25,29)(H,26,28)(H,31,32). The van der Waals surface area contributed by atoms with Gasteiger partial charge in [-0.05, 0) is 43.4 Å². The lowest BCUT2D eigenvalue weighted by Gasteiger charge is -2.31. The minimum Gasteiger partial charge on any atom is -0.480 e. The van der Waals surface area contributed by atoms with Gasteiger partial charge in [0.05, 0.1) is 6.04 Å². The summed E-state index contributed by atoms with van der Waals surface area (Å²) >= 11 is 0. The van der Waals surface area contributed by atoms with E-state index in [4.69, 9.17) is 5.73 Å². The molecule has 184 valence electrons. The van der Waals surface area contributed by atoms with Gasteiger partial charge >= 0.3 is 5.97 Å². The van der Waals surface area contributed by atoms with E-state index in [0.29, 0.717) is 32.2 Å². The summed E-state index contributed by atoms with van der Waals surface area (Å²) in [5.41, 5.74) is 6.05. The Labute approximate surface area is 191 Å². The molecule has 3 amide bonds. The van der Waals surface area contributed by atoms with Gasteiger partial charge in [-0.3, -0.25) is 14.4 Å². The Morgan fingerprint density at radius 3 is 2.06 bits per heavy atom. The summed E-state index contributed by atoms with van der Waals surface area (Å²) in [5, 5.41) is 14.8. The molecule has 0 bridgehead atoms. The number of rotatable bonds is 12. The Balaban J connectivity index is 2.97. The molecule has 1 fully saturated rings. The van der Waals surface area contributed by atoms with Gasteiger partial charge in [-0.1, -0.05) is 48.0 Å². The van der Waals surface area contributed by atoms with Crippen molar-refractivity contribution >= 4 is 23.7 Å². The third-order valence-electron chi connectivity index (χ3n) is 6.04. The highest BCUT2D eigenvalue weighted by molar-refractivity contribution is 5.94. The first-order valence-electron chi connectivity index (χ1n) is 11.8. The molecule has 0 aromatic carbocycles. The van der Waals surface area contributed by atoms with Crippen LogP contribution in [0.3, 0.4) is 0 Å². The van der Waals surface area contributed by atoms with Crippen LogP contribution in [-0.4, -0.2) is 64.4 Å². The highest BCUT2D eigenvalue weighted by Gasteiger charge is 2.39. The Bertz CT molecular complexity index is 667. The highest BCUT2D eigenvalue weighted by Crippen LogP contribution is 2.21. The van der Waals surface area contributed by atoms with E-state index in [9.17, 15) is 24.3 Å². The van der Waals surface area contributed by atoms with Gasteiger partial charge in [-0.15, -0.1) is 0 Å². The molecule has 9 nitrogen and oxygen atoms in total. The second-order valence-electron chi connectivity index (χ2n) is 9.82. The van der Waals surface area contributed by atoms with Gasteiger partial charge in [0, 0.05) is 6.54 Å². The third-order valence-corrected chi connectivity index (χ3v) is 6.04. The van der Waals surface area contributed by atoms with Crippen molar-refractivity contribution in [1.82, 2.24) is 15.5 Å². The molecule has 0 aromatic heterocycles. The van der Waals surface area contributed by atoms with Crippen molar-refractivity contribution in [3.63, 3.8) is 0 Å². The fraction of sp³-hybridized carbons (Fsp3) is 0.826. The molecule has 1 heterocycles. The van der Waals surface area contributed by atoms with Gasteiger partial charge in [0.25, 0.3) is 0 Å². The van der Waals surface area contributed by atoms with Crippen molar-refractivity contribution in [2.45, 2.75) is 97.8 Å². The van der Waals surface area contributed by atoms with Gasteiger partial charge in [0.15, 0.2) is 0 Å². The second-order valence-corrected chi connectivity index (χ2v) is 9.82. The predicted octanol–water partition coefficient (Wildman–Crippen LogP) is 1.50. The molecule has 1 aliphatic heterocycles. The number of hydrogen-bond donors (Lipinski definition) is 4.